The van der Waals surface area contributed by atoms with E-state index in [-0.39, 0.29) is 19.1 Å². The van der Waals surface area contributed by atoms with Crippen LogP contribution in [0.4, 0.5) is 4.79 Å². The summed E-state index contributed by atoms with van der Waals surface area (Å²) >= 11 is 0. The summed E-state index contributed by atoms with van der Waals surface area (Å²) < 4.78 is 5.53. The molecule has 1 unspecified atom stereocenters. The molecule has 2 amide bonds. The maximum absolute atomic E-state index is 12.5. The van der Waals surface area contributed by atoms with Gasteiger partial charge in [-0.3, -0.25) is 9.59 Å². The van der Waals surface area contributed by atoms with E-state index in [0.717, 1.165) is 22.3 Å². The molecule has 1 aliphatic carbocycles. The lowest BCUT2D eigenvalue weighted by Crippen LogP contribution is -2.48. The van der Waals surface area contributed by atoms with Gasteiger partial charge in [-0.2, -0.15) is 0 Å². The first-order valence-corrected chi connectivity index (χ1v) is 11.1. The van der Waals surface area contributed by atoms with Crippen LogP contribution < -0.4 is 10.6 Å². The number of carbonyl (C=O) groups is 3. The second-order valence-corrected chi connectivity index (χ2v) is 8.00. The van der Waals surface area contributed by atoms with Crippen LogP contribution in [0.3, 0.4) is 0 Å². The van der Waals surface area contributed by atoms with Gasteiger partial charge >= 0.3 is 12.1 Å². The molecule has 2 atom stereocenters. The van der Waals surface area contributed by atoms with E-state index in [4.69, 9.17) is 9.84 Å². The van der Waals surface area contributed by atoms with Gasteiger partial charge in [-0.05, 0) is 35.1 Å². The summed E-state index contributed by atoms with van der Waals surface area (Å²) in [5.74, 6) is -2.08. The monoisotopic (exact) mass is 438 g/mol. The van der Waals surface area contributed by atoms with Gasteiger partial charge in [0, 0.05) is 12.5 Å². The smallest absolute Gasteiger partial charge is 0.407 e. The summed E-state index contributed by atoms with van der Waals surface area (Å²) in [5.41, 5.74) is 4.51. The number of carboxylic acids is 1. The molecule has 0 fully saturated rings. The Kier molecular flexibility index (Phi) is 7.87. The molecule has 0 aliphatic heterocycles. The van der Waals surface area contributed by atoms with Gasteiger partial charge in [0.1, 0.15) is 12.6 Å². The zero-order valence-corrected chi connectivity index (χ0v) is 18.5. The van der Waals surface area contributed by atoms with Gasteiger partial charge in [0.05, 0.1) is 5.92 Å². The Balaban J connectivity index is 1.60. The molecule has 170 valence electrons. The van der Waals surface area contributed by atoms with Crippen molar-refractivity contribution >= 4 is 18.0 Å². The number of hydrogen-bond donors (Lipinski definition) is 3. The number of alkyl carbamates (subject to hydrolysis) is 1. The van der Waals surface area contributed by atoms with Crippen molar-refractivity contribution < 1.29 is 24.2 Å². The van der Waals surface area contributed by atoms with Crippen molar-refractivity contribution in [3.8, 4) is 11.1 Å². The van der Waals surface area contributed by atoms with Crippen LogP contribution in [0.2, 0.25) is 0 Å². The van der Waals surface area contributed by atoms with Gasteiger partial charge in [0.2, 0.25) is 5.91 Å². The Hall–Kier alpha value is -3.35. The summed E-state index contributed by atoms with van der Waals surface area (Å²) in [6.45, 7) is 3.85. The number of rotatable bonds is 10. The molecule has 7 heteroatoms. The molecule has 32 heavy (non-hydrogen) atoms. The Morgan fingerprint density at radius 1 is 1.00 bits per heavy atom. The summed E-state index contributed by atoms with van der Waals surface area (Å²) in [4.78, 5) is 36.2. The lowest BCUT2D eigenvalue weighted by Gasteiger charge is -2.20. The maximum atomic E-state index is 12.5. The number of carbonyl (C=O) groups excluding carboxylic acids is 2. The fraction of sp³-hybridized carbons (Fsp3) is 0.400. The summed E-state index contributed by atoms with van der Waals surface area (Å²) in [7, 11) is 0. The summed E-state index contributed by atoms with van der Waals surface area (Å²) in [6.07, 6.45) is 0.858. The molecule has 2 aromatic rings. The molecule has 0 aromatic heterocycles. The average molecular weight is 439 g/mol. The first-order valence-electron chi connectivity index (χ1n) is 11.1. The normalized spacial score (nSPS) is 14.1. The van der Waals surface area contributed by atoms with Crippen molar-refractivity contribution in [2.75, 3.05) is 13.2 Å². The Labute approximate surface area is 188 Å². The fourth-order valence-electron chi connectivity index (χ4n) is 4.09. The van der Waals surface area contributed by atoms with Crippen LogP contribution in [0.1, 0.15) is 50.2 Å². The Morgan fingerprint density at radius 2 is 1.59 bits per heavy atom. The van der Waals surface area contributed by atoms with Crippen LogP contribution in [0.15, 0.2) is 48.5 Å². The highest BCUT2D eigenvalue weighted by Gasteiger charge is 2.30. The molecule has 0 bridgehead atoms. The lowest BCUT2D eigenvalue weighted by atomic mass is 9.98. The van der Waals surface area contributed by atoms with E-state index < -0.39 is 29.9 Å². The molecule has 3 rings (SSSR count). The highest BCUT2D eigenvalue weighted by molar-refractivity contribution is 5.86. The number of hydrogen-bond acceptors (Lipinski definition) is 4. The van der Waals surface area contributed by atoms with Gasteiger partial charge in [0.25, 0.3) is 0 Å². The quantitative estimate of drug-likeness (QED) is 0.521. The summed E-state index contributed by atoms with van der Waals surface area (Å²) in [6, 6.07) is 15.4. The number of ether oxygens (including phenoxy) is 1. The molecule has 0 saturated carbocycles. The zero-order chi connectivity index (χ0) is 23.1. The third kappa shape index (κ3) is 5.28. The largest absolute Gasteiger partial charge is 0.481 e. The molecular weight excluding hydrogens is 408 g/mol. The van der Waals surface area contributed by atoms with Crippen molar-refractivity contribution in [2.24, 2.45) is 5.92 Å². The standard InChI is InChI=1S/C25H30N2O5/c1-3-9-22(23(28)26-14-16(4-2)24(29)30)27-25(31)32-15-21-19-12-7-5-10-17(19)18-11-6-8-13-20(18)21/h5-8,10-13,16,21-22H,3-4,9,14-15H2,1-2H3,(H,26,28)(H,27,31)(H,29,30)/t16?,22-/m1/s1. The summed E-state index contributed by atoms with van der Waals surface area (Å²) in [5, 5.41) is 14.4. The van der Waals surface area contributed by atoms with Crippen LogP contribution >= 0.6 is 0 Å². The van der Waals surface area contributed by atoms with Crippen molar-refractivity contribution in [1.82, 2.24) is 10.6 Å². The van der Waals surface area contributed by atoms with Crippen LogP contribution in [-0.2, 0) is 14.3 Å². The highest BCUT2D eigenvalue weighted by Crippen LogP contribution is 2.44. The maximum Gasteiger partial charge on any atom is 0.407 e. The van der Waals surface area contributed by atoms with E-state index in [1.165, 1.54) is 0 Å². The van der Waals surface area contributed by atoms with Crippen LogP contribution in [0.25, 0.3) is 11.1 Å². The van der Waals surface area contributed by atoms with E-state index in [1.54, 1.807) is 6.92 Å². The number of carboxylic acid groups (broad SMARTS) is 1. The molecular formula is C25H30N2O5. The number of aliphatic carboxylic acids is 1. The fourth-order valence-corrected chi connectivity index (χ4v) is 4.09. The molecule has 0 radical (unpaired) electrons. The minimum Gasteiger partial charge on any atom is -0.481 e. The number of amides is 2. The predicted molar refractivity (Wildman–Crippen MR) is 121 cm³/mol. The number of fused-ring (bicyclic) bond motifs is 3. The minimum absolute atomic E-state index is 0.0251. The third-order valence-corrected chi connectivity index (χ3v) is 5.89. The van der Waals surface area contributed by atoms with Crippen LogP contribution in [0, 0.1) is 5.92 Å². The predicted octanol–water partition coefficient (Wildman–Crippen LogP) is 3.92. The van der Waals surface area contributed by atoms with E-state index in [9.17, 15) is 14.4 Å². The van der Waals surface area contributed by atoms with E-state index in [1.807, 2.05) is 43.3 Å². The van der Waals surface area contributed by atoms with Crippen molar-refractivity contribution in [1.29, 1.82) is 0 Å². The molecule has 2 aromatic carbocycles. The van der Waals surface area contributed by atoms with Gasteiger partial charge in [0.15, 0.2) is 0 Å². The third-order valence-electron chi connectivity index (χ3n) is 5.89. The first-order chi connectivity index (χ1) is 15.5. The highest BCUT2D eigenvalue weighted by atomic mass is 16.5. The Bertz CT molecular complexity index is 929. The van der Waals surface area contributed by atoms with Gasteiger partial charge in [-0.25, -0.2) is 4.79 Å². The second-order valence-electron chi connectivity index (χ2n) is 8.00. The van der Waals surface area contributed by atoms with Crippen LogP contribution in [-0.4, -0.2) is 42.3 Å². The van der Waals surface area contributed by atoms with E-state index in [2.05, 4.69) is 22.8 Å². The second kappa shape index (κ2) is 10.8. The first kappa shape index (κ1) is 23.3. The minimum atomic E-state index is -0.954. The molecule has 0 saturated heterocycles. The average Bonchev–Trinajstić information content (AvgIpc) is 3.11. The van der Waals surface area contributed by atoms with Crippen molar-refractivity contribution in [2.45, 2.75) is 45.1 Å². The molecule has 0 heterocycles. The zero-order valence-electron chi connectivity index (χ0n) is 18.5. The molecule has 3 N–H and O–H groups in total. The SMILES string of the molecule is CCC[C@@H](NC(=O)OCC1c2ccccc2-c2ccccc21)C(=O)NCC(CC)C(=O)O. The van der Waals surface area contributed by atoms with Crippen molar-refractivity contribution in [3.63, 3.8) is 0 Å². The van der Waals surface area contributed by atoms with E-state index in [0.29, 0.717) is 19.3 Å². The van der Waals surface area contributed by atoms with Gasteiger partial charge in [-0.15, -0.1) is 0 Å². The molecule has 1 aliphatic rings. The lowest BCUT2D eigenvalue weighted by molar-refractivity contribution is -0.141. The van der Waals surface area contributed by atoms with Crippen LogP contribution in [0.5, 0.6) is 0 Å². The molecule has 0 spiro atoms. The van der Waals surface area contributed by atoms with E-state index >= 15 is 0 Å². The van der Waals surface area contributed by atoms with Crippen molar-refractivity contribution in [3.05, 3.63) is 59.7 Å². The van der Waals surface area contributed by atoms with Gasteiger partial charge in [-0.1, -0.05) is 68.8 Å². The van der Waals surface area contributed by atoms with Gasteiger partial charge < -0.3 is 20.5 Å². The number of nitrogens with one attached hydrogen (secondary N) is 2. The number of benzene rings is 2. The Morgan fingerprint density at radius 3 is 2.12 bits per heavy atom. The topological polar surface area (TPSA) is 105 Å². The molecule has 7 nitrogen and oxygen atoms in total.